The van der Waals surface area contributed by atoms with Crippen LogP contribution < -0.4 is 11.2 Å². The molecule has 1 fully saturated rings. The predicted octanol–water partition coefficient (Wildman–Crippen LogP) is 1.72. The third-order valence-electron chi connectivity index (χ3n) is 5.40. The van der Waals surface area contributed by atoms with Crippen molar-refractivity contribution in [3.63, 3.8) is 0 Å². The lowest BCUT2D eigenvalue weighted by molar-refractivity contribution is -0.132. The molecular formula is C21H23N5O3. The number of aromatic amines is 2. The van der Waals surface area contributed by atoms with E-state index in [4.69, 9.17) is 0 Å². The quantitative estimate of drug-likeness (QED) is 0.689. The van der Waals surface area contributed by atoms with E-state index in [0.717, 1.165) is 29.7 Å². The maximum absolute atomic E-state index is 12.7. The minimum absolute atomic E-state index is 0.00794. The summed E-state index contributed by atoms with van der Waals surface area (Å²) in [5, 5.41) is 7.38. The number of hydrogen-bond donors (Lipinski definition) is 2. The van der Waals surface area contributed by atoms with Crippen LogP contribution >= 0.6 is 0 Å². The number of nitrogens with one attached hydrogen (secondary N) is 2. The van der Waals surface area contributed by atoms with E-state index in [1.807, 2.05) is 29.3 Å². The zero-order valence-corrected chi connectivity index (χ0v) is 16.0. The molecule has 3 aromatic rings. The number of aromatic nitrogens is 4. The lowest BCUT2D eigenvalue weighted by atomic mass is 9.90. The van der Waals surface area contributed by atoms with Crippen LogP contribution in [0, 0.1) is 0 Å². The molecule has 2 N–H and O–H groups in total. The monoisotopic (exact) mass is 393 g/mol. The molecule has 8 nitrogen and oxygen atoms in total. The number of benzene rings is 1. The zero-order chi connectivity index (χ0) is 20.2. The van der Waals surface area contributed by atoms with Gasteiger partial charge in [-0.05, 0) is 18.4 Å². The highest BCUT2D eigenvalue weighted by molar-refractivity contribution is 5.76. The Kier molecular flexibility index (Phi) is 5.41. The molecule has 0 aliphatic carbocycles. The Hall–Kier alpha value is -3.42. The molecule has 3 heterocycles. The van der Waals surface area contributed by atoms with Crippen LogP contribution in [0.25, 0.3) is 11.1 Å². The van der Waals surface area contributed by atoms with Gasteiger partial charge in [-0.3, -0.25) is 19.7 Å². The number of hydrogen-bond acceptors (Lipinski definition) is 4. The number of nitrogens with zero attached hydrogens (tertiary/aromatic N) is 3. The molecule has 150 valence electrons. The van der Waals surface area contributed by atoms with Crippen molar-refractivity contribution in [2.24, 2.45) is 0 Å². The Bertz CT molecular complexity index is 1100. The van der Waals surface area contributed by atoms with Crippen molar-refractivity contribution >= 4 is 5.91 Å². The van der Waals surface area contributed by atoms with Gasteiger partial charge in [-0.1, -0.05) is 30.3 Å². The van der Waals surface area contributed by atoms with E-state index in [-0.39, 0.29) is 24.8 Å². The predicted molar refractivity (Wildman–Crippen MR) is 109 cm³/mol. The van der Waals surface area contributed by atoms with E-state index in [1.165, 1.54) is 16.8 Å². The molecule has 0 bridgehead atoms. The lowest BCUT2D eigenvalue weighted by Gasteiger charge is -2.33. The minimum atomic E-state index is -0.494. The summed E-state index contributed by atoms with van der Waals surface area (Å²) in [5.41, 5.74) is 2.31. The molecule has 8 heteroatoms. The normalized spacial score (nSPS) is 16.7. The second-order valence-electron chi connectivity index (χ2n) is 7.30. The Morgan fingerprint density at radius 1 is 1.17 bits per heavy atom. The van der Waals surface area contributed by atoms with E-state index < -0.39 is 11.2 Å². The highest BCUT2D eigenvalue weighted by atomic mass is 16.2. The Balaban J connectivity index is 1.44. The molecule has 0 spiro atoms. The summed E-state index contributed by atoms with van der Waals surface area (Å²) in [6.45, 7) is 1.58. The highest BCUT2D eigenvalue weighted by Crippen LogP contribution is 2.33. The van der Waals surface area contributed by atoms with E-state index >= 15 is 0 Å². The summed E-state index contributed by atoms with van der Waals surface area (Å²) in [4.78, 5) is 39.7. The molecule has 1 atom stereocenters. The number of carbonyl (C=O) groups excluding carboxylic acids is 1. The van der Waals surface area contributed by atoms with E-state index in [9.17, 15) is 14.4 Å². The van der Waals surface area contributed by atoms with Gasteiger partial charge in [-0.15, -0.1) is 0 Å². The number of amides is 1. The molecule has 1 saturated heterocycles. The van der Waals surface area contributed by atoms with Gasteiger partial charge in [-0.2, -0.15) is 5.10 Å². The van der Waals surface area contributed by atoms with Crippen LogP contribution in [0.2, 0.25) is 0 Å². The topological polar surface area (TPSA) is 104 Å². The largest absolute Gasteiger partial charge is 0.342 e. The fourth-order valence-electron chi connectivity index (χ4n) is 3.89. The fraction of sp³-hybridized carbons (Fsp3) is 0.333. The first-order chi connectivity index (χ1) is 14.1. The van der Waals surface area contributed by atoms with Crippen molar-refractivity contribution < 1.29 is 4.79 Å². The summed E-state index contributed by atoms with van der Waals surface area (Å²) in [5.74, 6) is 0.204. The van der Waals surface area contributed by atoms with Crippen LogP contribution in [-0.2, 0) is 11.3 Å². The zero-order valence-electron chi connectivity index (χ0n) is 16.0. The molecule has 1 aromatic carbocycles. The SMILES string of the molecule is O=C(CCn1ccc(=O)[nH]c1=O)N1CCCC(c2[nH]ncc2-c2ccccc2)C1. The maximum Gasteiger partial charge on any atom is 0.328 e. The number of rotatable bonds is 5. The van der Waals surface area contributed by atoms with Crippen molar-refractivity contribution in [1.29, 1.82) is 0 Å². The molecule has 2 aromatic heterocycles. The number of H-pyrrole nitrogens is 2. The summed E-state index contributed by atoms with van der Waals surface area (Å²) in [6, 6.07) is 11.4. The van der Waals surface area contributed by atoms with Gasteiger partial charge in [0.25, 0.3) is 5.56 Å². The molecule has 1 amide bonds. The second kappa shape index (κ2) is 8.30. The van der Waals surface area contributed by atoms with Gasteiger partial charge in [0.2, 0.25) is 5.91 Å². The summed E-state index contributed by atoms with van der Waals surface area (Å²) in [6.07, 6.45) is 5.39. The Morgan fingerprint density at radius 2 is 2.00 bits per heavy atom. The first-order valence-corrected chi connectivity index (χ1v) is 9.78. The van der Waals surface area contributed by atoms with Gasteiger partial charge < -0.3 is 9.47 Å². The third kappa shape index (κ3) is 4.21. The fourth-order valence-corrected chi connectivity index (χ4v) is 3.89. The van der Waals surface area contributed by atoms with Gasteiger partial charge in [0.05, 0.1) is 6.20 Å². The summed E-state index contributed by atoms with van der Waals surface area (Å²) < 4.78 is 1.35. The lowest BCUT2D eigenvalue weighted by Crippen LogP contribution is -2.40. The van der Waals surface area contributed by atoms with E-state index in [1.54, 1.807) is 0 Å². The van der Waals surface area contributed by atoms with Crippen LogP contribution in [0.4, 0.5) is 0 Å². The maximum atomic E-state index is 12.7. The summed E-state index contributed by atoms with van der Waals surface area (Å²) >= 11 is 0. The number of piperidine rings is 1. The number of aryl methyl sites for hydroxylation is 1. The van der Waals surface area contributed by atoms with Crippen molar-refractivity contribution in [2.75, 3.05) is 13.1 Å². The van der Waals surface area contributed by atoms with Crippen LogP contribution in [0.5, 0.6) is 0 Å². The first-order valence-electron chi connectivity index (χ1n) is 9.78. The van der Waals surface area contributed by atoms with Crippen LogP contribution in [0.1, 0.15) is 30.9 Å². The molecule has 0 saturated carbocycles. The molecule has 29 heavy (non-hydrogen) atoms. The van der Waals surface area contributed by atoms with Crippen molar-refractivity contribution in [1.82, 2.24) is 24.6 Å². The smallest absolute Gasteiger partial charge is 0.328 e. The number of carbonyl (C=O) groups is 1. The average Bonchev–Trinajstić information content (AvgIpc) is 3.24. The van der Waals surface area contributed by atoms with Gasteiger partial charge in [0.1, 0.15) is 0 Å². The average molecular weight is 393 g/mol. The Morgan fingerprint density at radius 3 is 2.79 bits per heavy atom. The highest BCUT2D eigenvalue weighted by Gasteiger charge is 2.27. The van der Waals surface area contributed by atoms with Gasteiger partial charge in [0.15, 0.2) is 0 Å². The third-order valence-corrected chi connectivity index (χ3v) is 5.40. The van der Waals surface area contributed by atoms with Crippen molar-refractivity contribution in [3.05, 3.63) is 75.3 Å². The number of likely N-dealkylation sites (tertiary alicyclic amines) is 1. The van der Waals surface area contributed by atoms with Gasteiger partial charge in [-0.25, -0.2) is 4.79 Å². The molecular weight excluding hydrogens is 370 g/mol. The standard InChI is InChI=1S/C21H23N5O3/c27-18-8-11-25(21(29)23-18)12-9-19(28)26-10-4-7-16(14-26)20-17(13-22-24-20)15-5-2-1-3-6-15/h1-3,5-6,8,11,13,16H,4,7,9-10,12,14H2,(H,22,24)(H,23,27,29). The van der Waals surface area contributed by atoms with Gasteiger partial charge >= 0.3 is 5.69 Å². The Labute approximate surface area is 167 Å². The van der Waals surface area contributed by atoms with Crippen LogP contribution in [0.3, 0.4) is 0 Å². The van der Waals surface area contributed by atoms with E-state index in [2.05, 4.69) is 27.3 Å². The van der Waals surface area contributed by atoms with Crippen molar-refractivity contribution in [3.8, 4) is 11.1 Å². The second-order valence-corrected chi connectivity index (χ2v) is 7.30. The molecule has 4 rings (SSSR count). The van der Waals surface area contributed by atoms with Crippen LogP contribution in [-0.4, -0.2) is 43.6 Å². The first kappa shape index (κ1) is 18.9. The summed E-state index contributed by atoms with van der Waals surface area (Å²) in [7, 11) is 0. The molecule has 1 aliphatic rings. The minimum Gasteiger partial charge on any atom is -0.342 e. The molecule has 1 unspecified atom stereocenters. The molecule has 0 radical (unpaired) electrons. The van der Waals surface area contributed by atoms with Crippen molar-refractivity contribution in [2.45, 2.75) is 31.7 Å². The van der Waals surface area contributed by atoms with E-state index in [0.29, 0.717) is 13.1 Å². The molecule has 1 aliphatic heterocycles. The van der Waals surface area contributed by atoms with Gasteiger partial charge in [0, 0.05) is 55.5 Å². The van der Waals surface area contributed by atoms with Crippen LogP contribution in [0.15, 0.2) is 58.4 Å².